The van der Waals surface area contributed by atoms with Crippen LogP contribution in [0.15, 0.2) is 5.38 Å². The van der Waals surface area contributed by atoms with Gasteiger partial charge in [0.05, 0.1) is 22.8 Å². The van der Waals surface area contributed by atoms with Gasteiger partial charge >= 0.3 is 0 Å². The Balaban J connectivity index is 1.87. The zero-order valence-corrected chi connectivity index (χ0v) is 11.6. The Morgan fingerprint density at radius 3 is 3.12 bits per heavy atom. The summed E-state index contributed by atoms with van der Waals surface area (Å²) in [5, 5.41) is 6.86. The van der Waals surface area contributed by atoms with E-state index in [4.69, 9.17) is 4.74 Å². The Morgan fingerprint density at radius 1 is 1.65 bits per heavy atom. The normalized spacial score (nSPS) is 21.9. The van der Waals surface area contributed by atoms with Gasteiger partial charge in [-0.15, -0.1) is 11.3 Å². The van der Waals surface area contributed by atoms with Crippen LogP contribution in [0.4, 0.5) is 0 Å². The van der Waals surface area contributed by atoms with E-state index < -0.39 is 0 Å². The summed E-state index contributed by atoms with van der Waals surface area (Å²) in [6, 6.07) is 0.397. The molecule has 2 unspecified atom stereocenters. The van der Waals surface area contributed by atoms with Gasteiger partial charge in [-0.25, -0.2) is 4.98 Å². The van der Waals surface area contributed by atoms with Crippen molar-refractivity contribution in [1.29, 1.82) is 0 Å². The van der Waals surface area contributed by atoms with Crippen LogP contribution in [0, 0.1) is 6.92 Å². The minimum absolute atomic E-state index is 0.397. The average molecular weight is 254 g/mol. The number of ether oxygens (including phenoxy) is 1. The summed E-state index contributed by atoms with van der Waals surface area (Å²) < 4.78 is 5.68. The molecule has 1 aliphatic rings. The fraction of sp³-hybridized carbons (Fsp3) is 0.769. The number of nitrogens with one attached hydrogen (secondary N) is 1. The Bertz CT molecular complexity index is 334. The van der Waals surface area contributed by atoms with Crippen molar-refractivity contribution in [3.05, 3.63) is 16.1 Å². The molecular formula is C13H22N2OS. The van der Waals surface area contributed by atoms with Crippen molar-refractivity contribution >= 4 is 11.3 Å². The van der Waals surface area contributed by atoms with E-state index in [9.17, 15) is 0 Å². The number of rotatable bonds is 6. The van der Waals surface area contributed by atoms with Crippen LogP contribution in [0.1, 0.15) is 49.4 Å². The molecule has 2 heterocycles. The molecular weight excluding hydrogens is 232 g/mol. The summed E-state index contributed by atoms with van der Waals surface area (Å²) in [5.41, 5.74) is 1.20. The summed E-state index contributed by atoms with van der Waals surface area (Å²) in [6.45, 7) is 6.16. The lowest BCUT2D eigenvalue weighted by molar-refractivity contribution is 0.0995. The van der Waals surface area contributed by atoms with Crippen molar-refractivity contribution in [3.63, 3.8) is 0 Å². The lowest BCUT2D eigenvalue weighted by atomic mass is 10.0. The van der Waals surface area contributed by atoms with E-state index >= 15 is 0 Å². The fourth-order valence-electron chi connectivity index (χ4n) is 2.37. The minimum Gasteiger partial charge on any atom is -0.378 e. The van der Waals surface area contributed by atoms with E-state index in [2.05, 4.69) is 29.5 Å². The molecule has 2 rings (SSSR count). The molecule has 1 aromatic heterocycles. The summed E-state index contributed by atoms with van der Waals surface area (Å²) in [5.74, 6) is 0. The first kappa shape index (κ1) is 13.0. The van der Waals surface area contributed by atoms with Crippen molar-refractivity contribution in [3.8, 4) is 0 Å². The highest BCUT2D eigenvalue weighted by atomic mass is 32.1. The molecule has 4 heteroatoms. The standard InChI is InChI=1S/C13H22N2OS/c1-3-14-12(13-9-17-10(2)15-13)7-6-11-5-4-8-16-11/h9,11-12,14H,3-8H2,1-2H3. The van der Waals surface area contributed by atoms with E-state index in [-0.39, 0.29) is 0 Å². The molecule has 2 atom stereocenters. The second kappa shape index (κ2) is 6.47. The molecule has 0 bridgehead atoms. The number of thiazole rings is 1. The van der Waals surface area contributed by atoms with Gasteiger partial charge in [-0.3, -0.25) is 0 Å². The molecule has 3 nitrogen and oxygen atoms in total. The van der Waals surface area contributed by atoms with Crippen molar-refractivity contribution in [2.24, 2.45) is 0 Å². The van der Waals surface area contributed by atoms with Gasteiger partial charge in [-0.2, -0.15) is 0 Å². The average Bonchev–Trinajstić information content (AvgIpc) is 2.95. The molecule has 1 N–H and O–H groups in total. The maximum atomic E-state index is 5.68. The summed E-state index contributed by atoms with van der Waals surface area (Å²) in [7, 11) is 0. The molecule has 17 heavy (non-hydrogen) atoms. The van der Waals surface area contributed by atoms with Gasteiger partial charge in [0.2, 0.25) is 0 Å². The predicted octanol–water partition coefficient (Wildman–Crippen LogP) is 3.06. The smallest absolute Gasteiger partial charge is 0.0898 e. The fourth-order valence-corrected chi connectivity index (χ4v) is 3.03. The van der Waals surface area contributed by atoms with Crippen molar-refractivity contribution in [2.75, 3.05) is 13.2 Å². The third-order valence-electron chi connectivity index (χ3n) is 3.25. The highest BCUT2D eigenvalue weighted by Crippen LogP contribution is 2.24. The third-order valence-corrected chi connectivity index (χ3v) is 4.04. The topological polar surface area (TPSA) is 34.1 Å². The summed E-state index contributed by atoms with van der Waals surface area (Å²) in [6.07, 6.45) is 5.22. The van der Waals surface area contributed by atoms with Crippen LogP contribution in [0.5, 0.6) is 0 Å². The number of nitrogens with zero attached hydrogens (tertiary/aromatic N) is 1. The Morgan fingerprint density at radius 2 is 2.53 bits per heavy atom. The predicted molar refractivity (Wildman–Crippen MR) is 71.5 cm³/mol. The Kier molecular flexibility index (Phi) is 4.95. The second-order valence-corrected chi connectivity index (χ2v) is 5.68. The van der Waals surface area contributed by atoms with E-state index in [1.165, 1.54) is 18.5 Å². The zero-order valence-electron chi connectivity index (χ0n) is 10.7. The van der Waals surface area contributed by atoms with Crippen LogP contribution in [-0.2, 0) is 4.74 Å². The summed E-state index contributed by atoms with van der Waals surface area (Å²) in [4.78, 5) is 4.59. The van der Waals surface area contributed by atoms with E-state index in [0.29, 0.717) is 12.1 Å². The number of hydrogen-bond acceptors (Lipinski definition) is 4. The Hall–Kier alpha value is -0.450. The van der Waals surface area contributed by atoms with Gasteiger partial charge in [0.15, 0.2) is 0 Å². The summed E-state index contributed by atoms with van der Waals surface area (Å²) >= 11 is 1.73. The maximum Gasteiger partial charge on any atom is 0.0898 e. The minimum atomic E-state index is 0.397. The molecule has 0 spiro atoms. The maximum absolute atomic E-state index is 5.68. The lowest BCUT2D eigenvalue weighted by Gasteiger charge is -2.17. The first-order chi connectivity index (χ1) is 8.29. The highest BCUT2D eigenvalue weighted by Gasteiger charge is 2.19. The molecule has 96 valence electrons. The lowest BCUT2D eigenvalue weighted by Crippen LogP contribution is -2.22. The molecule has 0 amide bonds. The first-order valence-electron chi connectivity index (χ1n) is 6.56. The van der Waals surface area contributed by atoms with Crippen LogP contribution in [0.2, 0.25) is 0 Å². The van der Waals surface area contributed by atoms with Gasteiger partial charge in [-0.05, 0) is 39.2 Å². The third kappa shape index (κ3) is 3.76. The van der Waals surface area contributed by atoms with Crippen molar-refractivity contribution < 1.29 is 4.74 Å². The molecule has 1 aliphatic heterocycles. The quantitative estimate of drug-likeness (QED) is 0.847. The molecule has 0 radical (unpaired) electrons. The Labute approximate surface area is 108 Å². The monoisotopic (exact) mass is 254 g/mol. The molecule has 1 fully saturated rings. The SMILES string of the molecule is CCNC(CCC1CCCO1)c1csc(C)n1. The van der Waals surface area contributed by atoms with Crippen molar-refractivity contribution in [2.45, 2.75) is 51.7 Å². The highest BCUT2D eigenvalue weighted by molar-refractivity contribution is 7.09. The molecule has 1 aromatic rings. The van der Waals surface area contributed by atoms with Crippen LogP contribution >= 0.6 is 11.3 Å². The zero-order chi connectivity index (χ0) is 12.1. The van der Waals surface area contributed by atoms with Crippen LogP contribution in [-0.4, -0.2) is 24.2 Å². The first-order valence-corrected chi connectivity index (χ1v) is 7.44. The number of hydrogen-bond donors (Lipinski definition) is 1. The second-order valence-electron chi connectivity index (χ2n) is 4.61. The van der Waals surface area contributed by atoms with E-state index in [1.807, 2.05) is 0 Å². The number of aryl methyl sites for hydroxylation is 1. The largest absolute Gasteiger partial charge is 0.378 e. The van der Waals surface area contributed by atoms with E-state index in [1.54, 1.807) is 11.3 Å². The van der Waals surface area contributed by atoms with Gasteiger partial charge in [0, 0.05) is 12.0 Å². The van der Waals surface area contributed by atoms with Crippen LogP contribution < -0.4 is 5.32 Å². The van der Waals surface area contributed by atoms with Gasteiger partial charge < -0.3 is 10.1 Å². The van der Waals surface area contributed by atoms with Gasteiger partial charge in [0.25, 0.3) is 0 Å². The molecule has 1 saturated heterocycles. The van der Waals surface area contributed by atoms with Crippen LogP contribution in [0.25, 0.3) is 0 Å². The molecule has 0 aromatic carbocycles. The molecule has 0 aliphatic carbocycles. The molecule has 0 saturated carbocycles. The van der Waals surface area contributed by atoms with Crippen LogP contribution in [0.3, 0.4) is 0 Å². The van der Waals surface area contributed by atoms with Gasteiger partial charge in [-0.1, -0.05) is 6.92 Å². The van der Waals surface area contributed by atoms with E-state index in [0.717, 1.165) is 31.0 Å². The van der Waals surface area contributed by atoms with Crippen molar-refractivity contribution in [1.82, 2.24) is 10.3 Å². The number of aromatic nitrogens is 1. The van der Waals surface area contributed by atoms with Gasteiger partial charge in [0.1, 0.15) is 0 Å².